The molecule has 1 unspecified atom stereocenters. The van der Waals surface area contributed by atoms with Crippen LogP contribution in [-0.4, -0.2) is 47.8 Å². The van der Waals surface area contributed by atoms with Crippen molar-refractivity contribution in [1.29, 1.82) is 0 Å². The first-order valence-electron chi connectivity index (χ1n) is 8.21. The second kappa shape index (κ2) is 9.04. The van der Waals surface area contributed by atoms with Crippen LogP contribution in [-0.2, 0) is 16.1 Å². The van der Waals surface area contributed by atoms with Crippen LogP contribution in [0.25, 0.3) is 0 Å². The number of nitrogens with zero attached hydrogens (tertiary/aromatic N) is 2. The van der Waals surface area contributed by atoms with Crippen molar-refractivity contribution in [2.75, 3.05) is 26.2 Å². The van der Waals surface area contributed by atoms with E-state index in [2.05, 4.69) is 6.92 Å². The molecule has 0 bridgehead atoms. The predicted octanol–water partition coefficient (Wildman–Crippen LogP) is 2.04. The molecule has 1 heterocycles. The van der Waals surface area contributed by atoms with Crippen LogP contribution < -0.4 is 5.73 Å². The van der Waals surface area contributed by atoms with Crippen LogP contribution >= 0.6 is 12.4 Å². The Balaban J connectivity index is 0.00000288. The fourth-order valence-corrected chi connectivity index (χ4v) is 2.94. The summed E-state index contributed by atoms with van der Waals surface area (Å²) < 4.78 is 0. The van der Waals surface area contributed by atoms with Crippen LogP contribution in [0, 0.1) is 5.41 Å². The summed E-state index contributed by atoms with van der Waals surface area (Å²) in [5, 5.41) is 0. The third kappa shape index (κ3) is 5.49. The van der Waals surface area contributed by atoms with E-state index < -0.39 is 0 Å². The molecule has 1 saturated heterocycles. The number of carbonyl (C=O) groups excluding carboxylic acids is 2. The molecular formula is C18H28ClN3O2. The van der Waals surface area contributed by atoms with Crippen molar-refractivity contribution in [1.82, 2.24) is 9.80 Å². The van der Waals surface area contributed by atoms with E-state index in [4.69, 9.17) is 5.73 Å². The molecule has 24 heavy (non-hydrogen) atoms. The Morgan fingerprint density at radius 1 is 1.29 bits per heavy atom. The molecule has 1 atom stereocenters. The number of rotatable bonds is 6. The Labute approximate surface area is 150 Å². The average molecular weight is 354 g/mol. The van der Waals surface area contributed by atoms with E-state index in [9.17, 15) is 9.59 Å². The lowest BCUT2D eigenvalue weighted by Crippen LogP contribution is -2.37. The number of nitrogens with two attached hydrogens (primary N) is 1. The van der Waals surface area contributed by atoms with Gasteiger partial charge in [-0.15, -0.1) is 12.4 Å². The first kappa shape index (κ1) is 20.5. The van der Waals surface area contributed by atoms with Gasteiger partial charge in [-0.3, -0.25) is 9.59 Å². The number of benzene rings is 1. The summed E-state index contributed by atoms with van der Waals surface area (Å²) in [6.07, 6.45) is 1.32. The molecule has 2 N–H and O–H groups in total. The SMILES string of the molecule is CC(=O)N(CCC(=O)N1CCC(C)(CN)C1)Cc1ccccc1.Cl. The Morgan fingerprint density at radius 2 is 1.96 bits per heavy atom. The first-order chi connectivity index (χ1) is 10.9. The molecule has 2 amide bonds. The largest absolute Gasteiger partial charge is 0.342 e. The third-order valence-corrected chi connectivity index (χ3v) is 4.66. The minimum atomic E-state index is -0.00475. The molecule has 1 fully saturated rings. The van der Waals surface area contributed by atoms with Gasteiger partial charge in [-0.1, -0.05) is 37.3 Å². The molecule has 1 aliphatic rings. The monoisotopic (exact) mass is 353 g/mol. The summed E-state index contributed by atoms with van der Waals surface area (Å²) in [5.41, 5.74) is 6.91. The van der Waals surface area contributed by atoms with Gasteiger partial charge in [0.15, 0.2) is 0 Å². The Kier molecular flexibility index (Phi) is 7.70. The number of halogens is 1. The summed E-state index contributed by atoms with van der Waals surface area (Å²) in [4.78, 5) is 27.8. The van der Waals surface area contributed by atoms with Crippen LogP contribution in [0.15, 0.2) is 30.3 Å². The molecule has 6 heteroatoms. The zero-order valence-corrected chi connectivity index (χ0v) is 15.3. The highest BCUT2D eigenvalue weighted by Gasteiger charge is 2.34. The van der Waals surface area contributed by atoms with Gasteiger partial charge in [0.2, 0.25) is 11.8 Å². The molecule has 0 saturated carbocycles. The lowest BCUT2D eigenvalue weighted by molar-refractivity contribution is -0.133. The maximum absolute atomic E-state index is 12.4. The second-order valence-electron chi connectivity index (χ2n) is 6.76. The number of hydrogen-bond donors (Lipinski definition) is 1. The Bertz CT molecular complexity index is 552. The summed E-state index contributed by atoms with van der Waals surface area (Å²) in [7, 11) is 0. The molecule has 1 aromatic rings. The van der Waals surface area contributed by atoms with Gasteiger partial charge in [0.25, 0.3) is 0 Å². The second-order valence-corrected chi connectivity index (χ2v) is 6.76. The minimum absolute atomic E-state index is 0. The van der Waals surface area contributed by atoms with Crippen molar-refractivity contribution >= 4 is 24.2 Å². The predicted molar refractivity (Wildman–Crippen MR) is 97.8 cm³/mol. The summed E-state index contributed by atoms with van der Waals surface area (Å²) in [6, 6.07) is 9.84. The maximum atomic E-state index is 12.4. The molecule has 0 aromatic heterocycles. The van der Waals surface area contributed by atoms with Gasteiger partial charge in [-0.2, -0.15) is 0 Å². The van der Waals surface area contributed by atoms with Crippen molar-refractivity contribution in [3.63, 3.8) is 0 Å². The van der Waals surface area contributed by atoms with Gasteiger partial charge in [-0.25, -0.2) is 0 Å². The van der Waals surface area contributed by atoms with Crippen LogP contribution in [0.1, 0.15) is 32.3 Å². The molecule has 0 spiro atoms. The molecule has 0 aliphatic carbocycles. The van der Waals surface area contributed by atoms with Crippen LogP contribution in [0.4, 0.5) is 0 Å². The lowest BCUT2D eigenvalue weighted by Gasteiger charge is -2.25. The van der Waals surface area contributed by atoms with Crippen molar-refractivity contribution in [2.24, 2.45) is 11.1 Å². The lowest BCUT2D eigenvalue weighted by atomic mass is 9.90. The highest BCUT2D eigenvalue weighted by atomic mass is 35.5. The molecule has 2 rings (SSSR count). The van der Waals surface area contributed by atoms with Gasteiger partial charge in [0.05, 0.1) is 0 Å². The van der Waals surface area contributed by atoms with Gasteiger partial charge < -0.3 is 15.5 Å². The first-order valence-corrected chi connectivity index (χ1v) is 8.21. The molecule has 1 aromatic carbocycles. The molecular weight excluding hydrogens is 326 g/mol. The van der Waals surface area contributed by atoms with Crippen molar-refractivity contribution in [2.45, 2.75) is 33.2 Å². The molecule has 134 valence electrons. The quantitative estimate of drug-likeness (QED) is 0.851. The fourth-order valence-electron chi connectivity index (χ4n) is 2.94. The third-order valence-electron chi connectivity index (χ3n) is 4.66. The van der Waals surface area contributed by atoms with Gasteiger partial charge in [0, 0.05) is 39.5 Å². The number of hydrogen-bond acceptors (Lipinski definition) is 3. The number of carbonyl (C=O) groups is 2. The standard InChI is InChI=1S/C18H27N3O2.ClH/c1-15(22)20(12-16-6-4-3-5-7-16)10-8-17(23)21-11-9-18(2,13-19)14-21;/h3-7H,8-14,19H2,1-2H3;1H. The Hall–Kier alpha value is -1.59. The average Bonchev–Trinajstić information content (AvgIpc) is 2.95. The summed E-state index contributed by atoms with van der Waals surface area (Å²) in [5.74, 6) is 0.108. The minimum Gasteiger partial charge on any atom is -0.342 e. The van der Waals surface area contributed by atoms with Gasteiger partial charge in [0.1, 0.15) is 0 Å². The normalized spacial score (nSPS) is 19.7. The van der Waals surface area contributed by atoms with E-state index in [1.54, 1.807) is 11.8 Å². The van der Waals surface area contributed by atoms with Gasteiger partial charge >= 0.3 is 0 Å². The van der Waals surface area contributed by atoms with Gasteiger partial charge in [-0.05, 0) is 23.9 Å². The Morgan fingerprint density at radius 3 is 2.50 bits per heavy atom. The smallest absolute Gasteiger partial charge is 0.224 e. The van der Waals surface area contributed by atoms with Crippen molar-refractivity contribution < 1.29 is 9.59 Å². The van der Waals surface area contributed by atoms with E-state index in [1.165, 1.54) is 0 Å². The molecule has 0 radical (unpaired) electrons. The van der Waals surface area contributed by atoms with E-state index >= 15 is 0 Å². The number of likely N-dealkylation sites (tertiary alicyclic amines) is 1. The van der Waals surface area contributed by atoms with Crippen molar-refractivity contribution in [3.05, 3.63) is 35.9 Å². The van der Waals surface area contributed by atoms with E-state index in [-0.39, 0.29) is 29.6 Å². The summed E-state index contributed by atoms with van der Waals surface area (Å²) in [6.45, 7) is 6.77. The van der Waals surface area contributed by atoms with Crippen LogP contribution in [0.5, 0.6) is 0 Å². The van der Waals surface area contributed by atoms with E-state index in [1.807, 2.05) is 35.2 Å². The van der Waals surface area contributed by atoms with E-state index in [0.717, 1.165) is 25.1 Å². The molecule has 5 nitrogen and oxygen atoms in total. The number of amides is 2. The highest BCUT2D eigenvalue weighted by molar-refractivity contribution is 5.85. The topological polar surface area (TPSA) is 66.6 Å². The van der Waals surface area contributed by atoms with Crippen LogP contribution in [0.2, 0.25) is 0 Å². The van der Waals surface area contributed by atoms with E-state index in [0.29, 0.717) is 26.1 Å². The fraction of sp³-hybridized carbons (Fsp3) is 0.556. The van der Waals surface area contributed by atoms with Crippen molar-refractivity contribution in [3.8, 4) is 0 Å². The zero-order chi connectivity index (χ0) is 16.9. The maximum Gasteiger partial charge on any atom is 0.224 e. The van der Waals surface area contributed by atoms with Crippen LogP contribution in [0.3, 0.4) is 0 Å². The summed E-state index contributed by atoms with van der Waals surface area (Å²) >= 11 is 0. The highest BCUT2D eigenvalue weighted by Crippen LogP contribution is 2.28. The zero-order valence-electron chi connectivity index (χ0n) is 14.5. The molecule has 1 aliphatic heterocycles.